The molecule has 0 spiro atoms. The minimum Gasteiger partial charge on any atom is -0.507 e. The number of methoxy groups -OCH3 is 2. The number of carbonyl (C=O) groups excluding carboxylic acids is 2. The number of anilines is 1. The number of nitrogens with zero attached hydrogens (tertiary/aromatic N) is 1. The van der Waals surface area contributed by atoms with Gasteiger partial charge in [-0.2, -0.15) is 0 Å². The highest BCUT2D eigenvalue weighted by Crippen LogP contribution is 2.48. The maximum absolute atomic E-state index is 13.3. The van der Waals surface area contributed by atoms with Crippen LogP contribution in [0.1, 0.15) is 30.7 Å². The molecule has 1 fully saturated rings. The summed E-state index contributed by atoms with van der Waals surface area (Å²) in [5.74, 6) is -1.34. The van der Waals surface area contributed by atoms with Gasteiger partial charge in [0.05, 0.1) is 43.2 Å². The van der Waals surface area contributed by atoms with Crippen LogP contribution in [0.2, 0.25) is 10.0 Å². The monoisotopic (exact) mass is 531 g/mol. The van der Waals surface area contributed by atoms with E-state index < -0.39 is 23.5 Å². The highest BCUT2D eigenvalue weighted by Gasteiger charge is 2.48. The molecular weight excluding hydrogens is 509 g/mol. The maximum atomic E-state index is 13.3. The molecule has 0 aliphatic carbocycles. The molecule has 2 aromatic carbocycles. The number of aliphatic hydroxyl groups is 1. The summed E-state index contributed by atoms with van der Waals surface area (Å²) < 4.78 is 21.9. The summed E-state index contributed by atoms with van der Waals surface area (Å²) in [6.45, 7) is 2.47. The molecule has 1 aliphatic rings. The minimum absolute atomic E-state index is 0.00130. The van der Waals surface area contributed by atoms with E-state index in [-0.39, 0.29) is 38.4 Å². The number of halogens is 2. The average Bonchev–Trinajstić information content (AvgIpc) is 3.49. The topological polar surface area (TPSA) is 98.4 Å². The number of carbonyl (C=O) groups is 2. The number of Topliss-reactive ketones (excluding diaryl/α,β-unsaturated/α-hetero) is 1. The van der Waals surface area contributed by atoms with E-state index in [4.69, 9.17) is 41.8 Å². The lowest BCUT2D eigenvalue weighted by Crippen LogP contribution is -2.29. The average molecular weight is 532 g/mol. The quantitative estimate of drug-likeness (QED) is 0.215. The Bertz CT molecular complexity index is 1330. The van der Waals surface area contributed by atoms with Gasteiger partial charge >= 0.3 is 0 Å². The zero-order valence-electron chi connectivity index (χ0n) is 19.7. The summed E-state index contributed by atoms with van der Waals surface area (Å²) in [4.78, 5) is 27.9. The predicted molar refractivity (Wildman–Crippen MR) is 135 cm³/mol. The van der Waals surface area contributed by atoms with E-state index in [1.54, 1.807) is 36.4 Å². The zero-order valence-corrected chi connectivity index (χ0v) is 21.2. The number of ketones is 1. The van der Waals surface area contributed by atoms with E-state index in [1.807, 2.05) is 6.92 Å². The Balaban J connectivity index is 1.93. The van der Waals surface area contributed by atoms with Gasteiger partial charge in [-0.3, -0.25) is 14.5 Å². The van der Waals surface area contributed by atoms with Crippen LogP contribution < -0.4 is 19.1 Å². The lowest BCUT2D eigenvalue weighted by Gasteiger charge is -2.24. The van der Waals surface area contributed by atoms with E-state index in [0.717, 1.165) is 6.42 Å². The molecule has 8 nitrogen and oxygen atoms in total. The van der Waals surface area contributed by atoms with Gasteiger partial charge in [-0.1, -0.05) is 36.2 Å². The van der Waals surface area contributed by atoms with Gasteiger partial charge in [0.2, 0.25) is 0 Å². The van der Waals surface area contributed by atoms with E-state index in [9.17, 15) is 14.7 Å². The molecule has 1 amide bonds. The molecule has 1 aromatic heterocycles. The van der Waals surface area contributed by atoms with Crippen molar-refractivity contribution in [3.8, 4) is 17.2 Å². The Morgan fingerprint density at radius 1 is 1.08 bits per heavy atom. The Morgan fingerprint density at radius 2 is 1.83 bits per heavy atom. The van der Waals surface area contributed by atoms with Crippen LogP contribution in [-0.2, 0) is 9.59 Å². The molecule has 36 heavy (non-hydrogen) atoms. The molecule has 2 heterocycles. The van der Waals surface area contributed by atoms with Crippen molar-refractivity contribution < 1.29 is 33.3 Å². The first-order valence-corrected chi connectivity index (χ1v) is 11.8. The van der Waals surface area contributed by atoms with E-state index in [2.05, 4.69) is 0 Å². The predicted octanol–water partition coefficient (Wildman–Crippen LogP) is 6.02. The molecule has 1 N–H and O–H groups in total. The molecular formula is C26H23Cl2NO7. The molecule has 1 saturated heterocycles. The van der Waals surface area contributed by atoms with Crippen molar-refractivity contribution in [3.63, 3.8) is 0 Å². The third-order valence-corrected chi connectivity index (χ3v) is 6.24. The molecule has 10 heteroatoms. The first-order valence-electron chi connectivity index (χ1n) is 11.0. The largest absolute Gasteiger partial charge is 0.507 e. The van der Waals surface area contributed by atoms with Crippen LogP contribution in [0.15, 0.2) is 58.7 Å². The van der Waals surface area contributed by atoms with Gasteiger partial charge in [0.15, 0.2) is 11.5 Å². The molecule has 1 atom stereocenters. The summed E-state index contributed by atoms with van der Waals surface area (Å²) in [6.07, 6.45) is 2.22. The fourth-order valence-electron chi connectivity index (χ4n) is 4.05. The Labute approximate surface area is 217 Å². The van der Waals surface area contributed by atoms with Gasteiger partial charge in [0.1, 0.15) is 28.3 Å². The van der Waals surface area contributed by atoms with Crippen LogP contribution in [0.25, 0.3) is 5.76 Å². The third kappa shape index (κ3) is 4.38. The van der Waals surface area contributed by atoms with E-state index in [0.29, 0.717) is 18.0 Å². The first-order chi connectivity index (χ1) is 17.3. The molecule has 3 aromatic rings. The number of benzene rings is 2. The summed E-state index contributed by atoms with van der Waals surface area (Å²) >= 11 is 12.7. The van der Waals surface area contributed by atoms with Gasteiger partial charge in [-0.05, 0) is 36.8 Å². The van der Waals surface area contributed by atoms with Crippen LogP contribution in [0, 0.1) is 0 Å². The number of aliphatic hydroxyl groups excluding tert-OH is 1. The van der Waals surface area contributed by atoms with Gasteiger partial charge < -0.3 is 23.7 Å². The molecule has 1 aliphatic heterocycles. The fourth-order valence-corrected chi connectivity index (χ4v) is 4.74. The molecule has 0 bridgehead atoms. The number of ether oxygens (including phenoxy) is 3. The standard InChI is InChI=1S/C26H23Cl2NO7/c1-4-10-35-15-8-5-7-14(12-15)29-21(18-9-6-11-36-18)19(23(31)26(29)32)22(30)16-13-17(27)25(34-3)20(28)24(16)33-2/h5-9,11-13,21,30H,4,10H2,1-3H3/b22-19-. The van der Waals surface area contributed by atoms with Crippen molar-refractivity contribution in [2.45, 2.75) is 19.4 Å². The molecule has 1 unspecified atom stereocenters. The number of amides is 1. The second kappa shape index (κ2) is 10.6. The van der Waals surface area contributed by atoms with E-state index >= 15 is 0 Å². The third-order valence-electron chi connectivity index (χ3n) is 5.62. The SMILES string of the molecule is CCCOc1cccc(N2C(=O)C(=O)/C(=C(\O)c3cc(Cl)c(OC)c(Cl)c3OC)C2c2ccco2)c1. The van der Waals surface area contributed by atoms with Crippen LogP contribution >= 0.6 is 23.2 Å². The molecule has 0 radical (unpaired) electrons. The van der Waals surface area contributed by atoms with Crippen molar-refractivity contribution in [2.24, 2.45) is 0 Å². The van der Waals surface area contributed by atoms with Crippen molar-refractivity contribution in [3.05, 3.63) is 75.7 Å². The maximum Gasteiger partial charge on any atom is 0.300 e. The Hall–Kier alpha value is -3.62. The van der Waals surface area contributed by atoms with Crippen LogP contribution in [-0.4, -0.2) is 37.6 Å². The van der Waals surface area contributed by atoms with Gasteiger partial charge in [-0.15, -0.1) is 0 Å². The highest BCUT2D eigenvalue weighted by atomic mass is 35.5. The first kappa shape index (κ1) is 25.5. The molecule has 4 rings (SSSR count). The second-order valence-electron chi connectivity index (χ2n) is 7.82. The normalized spacial score (nSPS) is 16.9. The lowest BCUT2D eigenvalue weighted by atomic mass is 9.98. The van der Waals surface area contributed by atoms with Crippen molar-refractivity contribution in [1.29, 1.82) is 0 Å². The molecule has 188 valence electrons. The second-order valence-corrected chi connectivity index (χ2v) is 8.60. The van der Waals surface area contributed by atoms with Gasteiger partial charge in [0.25, 0.3) is 11.7 Å². The Morgan fingerprint density at radius 3 is 2.47 bits per heavy atom. The van der Waals surface area contributed by atoms with Crippen LogP contribution in [0.3, 0.4) is 0 Å². The summed E-state index contributed by atoms with van der Waals surface area (Å²) in [5.41, 5.74) is 0.192. The van der Waals surface area contributed by atoms with Crippen LogP contribution in [0.5, 0.6) is 17.2 Å². The number of rotatable bonds is 8. The van der Waals surface area contributed by atoms with Gasteiger partial charge in [-0.25, -0.2) is 0 Å². The number of furan rings is 1. The molecule has 0 saturated carbocycles. The van der Waals surface area contributed by atoms with Crippen molar-refractivity contribution in [2.75, 3.05) is 25.7 Å². The van der Waals surface area contributed by atoms with Crippen LogP contribution in [0.4, 0.5) is 5.69 Å². The lowest BCUT2D eigenvalue weighted by molar-refractivity contribution is -0.132. The van der Waals surface area contributed by atoms with E-state index in [1.165, 1.54) is 31.4 Å². The fraction of sp³-hybridized carbons (Fsp3) is 0.231. The zero-order chi connectivity index (χ0) is 26.0. The van der Waals surface area contributed by atoms with Gasteiger partial charge in [0, 0.05) is 11.8 Å². The summed E-state index contributed by atoms with van der Waals surface area (Å²) in [6, 6.07) is 10.3. The number of hydrogen-bond acceptors (Lipinski definition) is 7. The summed E-state index contributed by atoms with van der Waals surface area (Å²) in [5, 5.41) is 11.5. The van der Waals surface area contributed by atoms with Crippen molar-refractivity contribution in [1.82, 2.24) is 0 Å². The Kier molecular flexibility index (Phi) is 7.47. The highest BCUT2D eigenvalue weighted by molar-refractivity contribution is 6.52. The summed E-state index contributed by atoms with van der Waals surface area (Å²) in [7, 11) is 2.72. The minimum atomic E-state index is -1.08. The smallest absolute Gasteiger partial charge is 0.300 e. The number of hydrogen-bond donors (Lipinski definition) is 1. The van der Waals surface area contributed by atoms with Crippen molar-refractivity contribution >= 4 is 46.3 Å².